The number of likely N-dealkylation sites (tertiary alicyclic amines) is 1. The number of aliphatic carboxylic acids is 1. The number of nitrogens with zero attached hydrogens (tertiary/aromatic N) is 5. The van der Waals surface area contributed by atoms with E-state index in [2.05, 4.69) is 41.3 Å². The van der Waals surface area contributed by atoms with Gasteiger partial charge in [-0.3, -0.25) is 29.0 Å². The second-order valence-electron chi connectivity index (χ2n) is 16.7. The fourth-order valence-corrected chi connectivity index (χ4v) is 7.18. The summed E-state index contributed by atoms with van der Waals surface area (Å²) in [7, 11) is 0. The van der Waals surface area contributed by atoms with Crippen molar-refractivity contribution in [1.82, 2.24) is 31.2 Å². The van der Waals surface area contributed by atoms with E-state index in [0.29, 0.717) is 37.8 Å². The third-order valence-corrected chi connectivity index (χ3v) is 10.3. The van der Waals surface area contributed by atoms with Crippen molar-refractivity contribution >= 4 is 52.4 Å². The van der Waals surface area contributed by atoms with E-state index in [4.69, 9.17) is 22.7 Å². The van der Waals surface area contributed by atoms with Gasteiger partial charge in [0, 0.05) is 41.5 Å². The molecule has 1 fully saturated rings. The molecule has 5 amide bonds. The molecule has 0 spiro atoms. The van der Waals surface area contributed by atoms with Crippen molar-refractivity contribution in [2.24, 2.45) is 38.6 Å². The fraction of sp³-hybridized carbons (Fsp3) is 0.625. The molecule has 0 aliphatic carbocycles. The lowest BCUT2D eigenvalue weighted by molar-refractivity contribution is -0.143. The number of para-hydroxylation sites is 1. The van der Waals surface area contributed by atoms with Crippen LogP contribution in [0.4, 0.5) is 0 Å². The number of carboxylic acids is 1. The molecule has 20 nitrogen and oxygen atoms in total. The number of carbonyl (C=O) groups is 6. The van der Waals surface area contributed by atoms with E-state index in [9.17, 15) is 33.9 Å². The van der Waals surface area contributed by atoms with Gasteiger partial charge in [-0.25, -0.2) is 4.79 Å². The molecule has 3 rings (SSSR count). The predicted molar refractivity (Wildman–Crippen MR) is 227 cm³/mol. The number of unbranched alkanes of at least 4 members (excludes halogenated alkanes) is 1. The molecular formula is C40H63N13O7. The number of amides is 5. The molecule has 12 N–H and O–H groups in total. The molecule has 1 unspecified atom stereocenters. The number of aromatic amines is 1. The second kappa shape index (κ2) is 23.1. The summed E-state index contributed by atoms with van der Waals surface area (Å²) in [5, 5.41) is 25.2. The number of H-pyrrole nitrogens is 1. The Kier molecular flexibility index (Phi) is 18.6. The normalized spacial score (nSPS) is 16.4. The zero-order chi connectivity index (χ0) is 44.6. The van der Waals surface area contributed by atoms with Crippen LogP contribution < -0.4 is 38.5 Å². The largest absolute Gasteiger partial charge is 0.480 e. The molecule has 1 saturated heterocycles. The number of rotatable bonds is 23. The first-order chi connectivity index (χ1) is 28.4. The number of aromatic nitrogens is 1. The number of nitrogens with one attached hydrogen (secondary N) is 5. The summed E-state index contributed by atoms with van der Waals surface area (Å²) in [6.45, 7) is 9.62. The highest BCUT2D eigenvalue weighted by Gasteiger charge is 2.41. The summed E-state index contributed by atoms with van der Waals surface area (Å²) in [5.74, 6) is -4.54. The van der Waals surface area contributed by atoms with Crippen LogP contribution in [0, 0.1) is 11.3 Å². The van der Waals surface area contributed by atoms with Crippen LogP contribution in [0.15, 0.2) is 40.6 Å². The van der Waals surface area contributed by atoms with E-state index in [0.717, 1.165) is 10.9 Å². The number of hydrogen-bond donors (Lipinski definition) is 9. The molecule has 20 heteroatoms. The zero-order valence-corrected chi connectivity index (χ0v) is 35.3. The van der Waals surface area contributed by atoms with E-state index in [1.54, 1.807) is 27.0 Å². The maximum Gasteiger partial charge on any atom is 0.326 e. The number of fused-ring (bicyclic) bond motifs is 1. The number of hydrogen-bond acceptors (Lipinski definition) is 9. The summed E-state index contributed by atoms with van der Waals surface area (Å²) >= 11 is 0. The van der Waals surface area contributed by atoms with Crippen molar-refractivity contribution in [2.45, 2.75) is 129 Å². The predicted octanol–water partition coefficient (Wildman–Crippen LogP) is 1.68. The lowest BCUT2D eigenvalue weighted by Gasteiger charge is -2.33. The van der Waals surface area contributed by atoms with E-state index in [-0.39, 0.29) is 57.1 Å². The summed E-state index contributed by atoms with van der Waals surface area (Å²) in [6.07, 6.45) is 4.33. The first-order valence-corrected chi connectivity index (χ1v) is 20.5. The minimum atomic E-state index is -1.23. The molecule has 2 heterocycles. The average Bonchev–Trinajstić information content (AvgIpc) is 3.84. The molecular weight excluding hydrogens is 775 g/mol. The van der Waals surface area contributed by atoms with Gasteiger partial charge in [0.15, 0.2) is 5.96 Å². The van der Waals surface area contributed by atoms with Crippen molar-refractivity contribution in [2.75, 3.05) is 19.6 Å². The Morgan fingerprint density at radius 1 is 0.950 bits per heavy atom. The van der Waals surface area contributed by atoms with Gasteiger partial charge < -0.3 is 53.5 Å². The van der Waals surface area contributed by atoms with E-state index >= 15 is 0 Å². The van der Waals surface area contributed by atoms with Gasteiger partial charge in [-0.2, -0.15) is 0 Å². The number of aliphatic imine (C=N–C) groups is 1. The number of nitrogens with two attached hydrogens (primary N) is 3. The molecule has 60 heavy (non-hydrogen) atoms. The lowest BCUT2D eigenvalue weighted by Crippen LogP contribution is -2.61. The van der Waals surface area contributed by atoms with Crippen LogP contribution in [-0.2, 0) is 35.2 Å². The van der Waals surface area contributed by atoms with Gasteiger partial charge in [0.2, 0.25) is 29.5 Å². The summed E-state index contributed by atoms with van der Waals surface area (Å²) in [5.41, 5.74) is 26.3. The Morgan fingerprint density at radius 2 is 1.65 bits per heavy atom. The molecule has 1 aromatic carbocycles. The van der Waals surface area contributed by atoms with Crippen LogP contribution in [0.3, 0.4) is 0 Å². The lowest BCUT2D eigenvalue weighted by atomic mass is 9.85. The molecule has 0 bridgehead atoms. The summed E-state index contributed by atoms with van der Waals surface area (Å²) in [6, 6.07) is 0.595. The van der Waals surface area contributed by atoms with E-state index in [1.807, 2.05) is 38.1 Å². The van der Waals surface area contributed by atoms with Crippen molar-refractivity contribution < 1.29 is 33.9 Å². The number of carboxylic acid groups (broad SMARTS) is 1. The Hall–Kier alpha value is -5.88. The number of carbonyl (C=O) groups excluding carboxylic acids is 5. The zero-order valence-electron chi connectivity index (χ0n) is 35.3. The standard InChI is InChI=1S/C40H63N13O7/c1-23(2)20-30(38(59)60)49-36(57)32(40(3,4)5)50-34(55)29(21-24-22-46-26-13-7-6-12-25(24)26)48-35(56)31-16-11-19-53(31)37(58)28(14-8-9-17-41)47-33(54)27(51-52-44)15-10-18-45-39(42)43/h6-7,12-13,22-23,27-32,46H,8-11,14-21,41H2,1-5H3,(H,47,54)(H,48,56)(H,49,57)(H,50,55)(H,59,60)(H4,42,43,45)/t27?,28-,29-,30-,31-,32+/m0/s1. The van der Waals surface area contributed by atoms with E-state index < -0.39 is 77.2 Å². The fourth-order valence-electron chi connectivity index (χ4n) is 7.18. The highest BCUT2D eigenvalue weighted by Crippen LogP contribution is 2.24. The smallest absolute Gasteiger partial charge is 0.326 e. The van der Waals surface area contributed by atoms with Gasteiger partial charge >= 0.3 is 5.97 Å². The highest BCUT2D eigenvalue weighted by atomic mass is 16.4. The first-order valence-electron chi connectivity index (χ1n) is 20.5. The number of guanidine groups is 1. The molecule has 0 radical (unpaired) electrons. The average molecular weight is 838 g/mol. The van der Waals surface area contributed by atoms with Crippen LogP contribution in [0.5, 0.6) is 0 Å². The van der Waals surface area contributed by atoms with Crippen LogP contribution in [-0.4, -0.2) is 112 Å². The topological polar surface area (TPSA) is 329 Å². The van der Waals surface area contributed by atoms with Gasteiger partial charge in [0.25, 0.3) is 0 Å². The quantitative estimate of drug-likeness (QED) is 0.0195. The Morgan fingerprint density at radius 3 is 2.28 bits per heavy atom. The van der Waals surface area contributed by atoms with Crippen molar-refractivity contribution in [1.29, 1.82) is 0 Å². The third kappa shape index (κ3) is 14.4. The molecule has 1 aromatic heterocycles. The maximum atomic E-state index is 14.3. The summed E-state index contributed by atoms with van der Waals surface area (Å²) < 4.78 is 0. The first kappa shape index (κ1) is 48.5. The molecule has 2 aromatic rings. The van der Waals surface area contributed by atoms with Gasteiger partial charge in [0.05, 0.1) is 0 Å². The van der Waals surface area contributed by atoms with Crippen molar-refractivity contribution in [3.8, 4) is 0 Å². The SMILES string of the molecule is CC(C)C[C@H](NC(=O)[C@@H](NC(=O)[C@H](Cc1c[nH]c2ccccc12)NC(=O)[C@@H]1CCCN1C(=O)[C@H](CCCCN)NC(=O)C(CCCN=C(N)N)N=[N+]=[N-])C(C)(C)C)C(=O)O. The molecule has 1 aliphatic rings. The van der Waals surface area contributed by atoms with Crippen molar-refractivity contribution in [3.05, 3.63) is 46.5 Å². The monoisotopic (exact) mass is 837 g/mol. The van der Waals surface area contributed by atoms with Gasteiger partial charge in [-0.1, -0.05) is 57.9 Å². The Bertz CT molecular complexity index is 1880. The highest BCUT2D eigenvalue weighted by molar-refractivity contribution is 5.97. The van der Waals surface area contributed by atoms with Crippen molar-refractivity contribution in [3.63, 3.8) is 0 Å². The van der Waals surface area contributed by atoms with Gasteiger partial charge in [0.1, 0.15) is 36.3 Å². The number of azide groups is 1. The molecule has 330 valence electrons. The van der Waals surface area contributed by atoms with Crippen LogP contribution in [0.2, 0.25) is 0 Å². The Labute approximate surface area is 350 Å². The maximum absolute atomic E-state index is 14.3. The number of benzene rings is 1. The minimum absolute atomic E-state index is 0.00753. The molecule has 6 atom stereocenters. The van der Waals surface area contributed by atoms with Gasteiger partial charge in [-0.15, -0.1) is 0 Å². The van der Waals surface area contributed by atoms with Crippen LogP contribution in [0.1, 0.15) is 91.5 Å². The third-order valence-electron chi connectivity index (χ3n) is 10.3. The minimum Gasteiger partial charge on any atom is -0.480 e. The van der Waals surface area contributed by atoms with Crippen LogP contribution >= 0.6 is 0 Å². The molecule has 0 saturated carbocycles. The van der Waals surface area contributed by atoms with E-state index in [1.165, 1.54) is 4.90 Å². The van der Waals surface area contributed by atoms with Gasteiger partial charge in [-0.05, 0) is 86.4 Å². The second-order valence-corrected chi connectivity index (χ2v) is 16.7. The summed E-state index contributed by atoms with van der Waals surface area (Å²) in [4.78, 5) is 93.2. The van der Waals surface area contributed by atoms with Crippen LogP contribution in [0.25, 0.3) is 21.3 Å². The molecule has 1 aliphatic heterocycles. The Balaban J connectivity index is 1.90.